The van der Waals surface area contributed by atoms with Gasteiger partial charge in [-0.2, -0.15) is 16.9 Å². The number of rotatable bonds is 14. The van der Waals surface area contributed by atoms with Crippen LogP contribution in [-0.4, -0.2) is 28.0 Å². The quantitative estimate of drug-likeness (QED) is 0.224. The molecule has 7 heteroatoms. The Balaban J connectivity index is 1.22. The van der Waals surface area contributed by atoms with Crippen molar-refractivity contribution in [2.24, 2.45) is 0 Å². The smallest absolute Gasteiger partial charge is 0.283 e. The highest BCUT2D eigenvalue weighted by molar-refractivity contribution is 7.99. The first-order valence-corrected chi connectivity index (χ1v) is 14.3. The van der Waals surface area contributed by atoms with E-state index in [0.29, 0.717) is 5.56 Å². The molecule has 6 nitrogen and oxygen atoms in total. The van der Waals surface area contributed by atoms with Crippen LogP contribution in [0, 0.1) is 0 Å². The third-order valence-electron chi connectivity index (χ3n) is 7.72. The van der Waals surface area contributed by atoms with Crippen LogP contribution in [0.15, 0.2) is 88.1 Å². The molecule has 0 radical (unpaired) electrons. The Bertz CT molecular complexity index is 1190. The molecule has 2 heterocycles. The highest BCUT2D eigenvalue weighted by Crippen LogP contribution is 2.40. The highest BCUT2D eigenvalue weighted by atomic mass is 32.2. The summed E-state index contributed by atoms with van der Waals surface area (Å²) in [6.07, 6.45) is 8.61. The summed E-state index contributed by atoms with van der Waals surface area (Å²) in [4.78, 5) is 17.6. The summed E-state index contributed by atoms with van der Waals surface area (Å²) in [5, 5.41) is 12.8. The van der Waals surface area contributed by atoms with Gasteiger partial charge in [-0.1, -0.05) is 87.4 Å². The zero-order valence-electron chi connectivity index (χ0n) is 21.7. The number of hydrogen-bond acceptors (Lipinski definition) is 6. The minimum absolute atomic E-state index is 0.147. The van der Waals surface area contributed by atoms with Crippen LogP contribution in [0.5, 0.6) is 0 Å². The molecule has 2 aromatic carbocycles. The Morgan fingerprint density at radius 1 is 0.865 bits per heavy atom. The molecule has 4 rings (SSSR count). The van der Waals surface area contributed by atoms with Gasteiger partial charge in [0.15, 0.2) is 6.23 Å². The number of aliphatic hydroxyl groups excluding tert-OH is 1. The molecule has 0 saturated carbocycles. The molecule has 1 aliphatic rings. The summed E-state index contributed by atoms with van der Waals surface area (Å²) in [7, 11) is 0. The lowest BCUT2D eigenvalue weighted by Crippen LogP contribution is -2.34. The molecule has 3 unspecified atom stereocenters. The number of hydrogen-bond donors (Lipinski definition) is 3. The number of unbranched alkanes of at least 4 members (excludes halogenated alkanes) is 2. The third-order valence-corrected chi connectivity index (χ3v) is 8.87. The molecule has 0 fully saturated rings. The van der Waals surface area contributed by atoms with Crippen LogP contribution in [0.3, 0.4) is 0 Å². The summed E-state index contributed by atoms with van der Waals surface area (Å²) >= 11 is 1.99. The molecule has 0 spiro atoms. The number of nitrogens with one attached hydrogen (secondary N) is 2. The van der Waals surface area contributed by atoms with E-state index in [-0.39, 0.29) is 16.4 Å². The van der Waals surface area contributed by atoms with E-state index in [4.69, 9.17) is 9.36 Å². The number of hydroxylamine groups is 1. The van der Waals surface area contributed by atoms with Gasteiger partial charge in [-0.25, -0.2) is 0 Å². The van der Waals surface area contributed by atoms with Crippen LogP contribution < -0.4 is 11.0 Å². The van der Waals surface area contributed by atoms with Crippen LogP contribution in [0.2, 0.25) is 0 Å². The van der Waals surface area contributed by atoms with E-state index in [0.717, 1.165) is 61.2 Å². The van der Waals surface area contributed by atoms with E-state index in [1.54, 1.807) is 12.5 Å². The molecule has 0 bridgehead atoms. The van der Waals surface area contributed by atoms with Crippen molar-refractivity contribution in [2.75, 3.05) is 11.5 Å². The number of H-pyrrole nitrogens is 1. The second-order valence-corrected chi connectivity index (χ2v) is 11.4. The first kappa shape index (κ1) is 27.3. The molecular weight excluding hydrogens is 484 g/mol. The van der Waals surface area contributed by atoms with E-state index in [2.05, 4.69) is 48.7 Å². The monoisotopic (exact) mass is 522 g/mol. The third kappa shape index (κ3) is 6.40. The normalized spacial score (nSPS) is 18.6. The van der Waals surface area contributed by atoms with Crippen molar-refractivity contribution >= 4 is 11.8 Å². The van der Waals surface area contributed by atoms with Gasteiger partial charge in [-0.05, 0) is 48.3 Å². The van der Waals surface area contributed by atoms with E-state index >= 15 is 0 Å². The number of aromatic amines is 1. The van der Waals surface area contributed by atoms with Crippen molar-refractivity contribution in [2.45, 2.75) is 69.4 Å². The van der Waals surface area contributed by atoms with Crippen molar-refractivity contribution in [3.63, 3.8) is 0 Å². The molecule has 3 N–H and O–H groups in total. The maximum absolute atomic E-state index is 12.4. The molecule has 198 valence electrons. The summed E-state index contributed by atoms with van der Waals surface area (Å²) < 4.78 is 5.12. The van der Waals surface area contributed by atoms with E-state index < -0.39 is 6.23 Å². The molecule has 0 aliphatic carbocycles. The molecular formula is C30H38N2O4S. The van der Waals surface area contributed by atoms with Crippen LogP contribution in [0.25, 0.3) is 0 Å². The minimum atomic E-state index is -0.779. The topological polar surface area (TPSA) is 87.5 Å². The van der Waals surface area contributed by atoms with Crippen molar-refractivity contribution in [1.29, 1.82) is 0 Å². The Morgan fingerprint density at radius 2 is 1.43 bits per heavy atom. The van der Waals surface area contributed by atoms with Crippen molar-refractivity contribution < 1.29 is 14.5 Å². The van der Waals surface area contributed by atoms with Crippen molar-refractivity contribution in [3.8, 4) is 0 Å². The zero-order valence-corrected chi connectivity index (χ0v) is 22.6. The highest BCUT2D eigenvalue weighted by Gasteiger charge is 2.37. The summed E-state index contributed by atoms with van der Waals surface area (Å²) in [5.41, 5.74) is 5.75. The summed E-state index contributed by atoms with van der Waals surface area (Å²) in [6.45, 7) is 4.33. The molecule has 3 aromatic rings. The van der Waals surface area contributed by atoms with Gasteiger partial charge in [0, 0.05) is 16.4 Å². The van der Waals surface area contributed by atoms with Crippen molar-refractivity contribution in [3.05, 3.63) is 106 Å². The van der Waals surface area contributed by atoms with Gasteiger partial charge in [0.2, 0.25) is 0 Å². The number of aliphatic hydroxyl groups is 1. The fourth-order valence-corrected chi connectivity index (χ4v) is 6.34. The standard InChI is InChI=1S/C30H38N2O4S/c1-29(23-13-5-3-6-14-23,25-21-35-31-27(25)33)17-9-11-19-37-20-12-10-18-30(2,24-15-7-4-8-16-24)26-22-36-32-28(26)34/h3-8,13-16,21-22,27,31,33H,9-12,17-20H2,1-2H3,(H,32,34). The average Bonchev–Trinajstić information content (AvgIpc) is 3.57. The number of thioether (sulfide) groups is 1. The predicted molar refractivity (Wildman–Crippen MR) is 149 cm³/mol. The lowest BCUT2D eigenvalue weighted by Gasteiger charge is -2.32. The molecule has 1 aliphatic heterocycles. The van der Waals surface area contributed by atoms with Gasteiger partial charge in [0.05, 0.1) is 5.56 Å². The largest absolute Gasteiger partial charge is 0.414 e. The molecule has 0 amide bonds. The first-order chi connectivity index (χ1) is 17.9. The van der Waals surface area contributed by atoms with E-state index in [1.165, 1.54) is 5.56 Å². The van der Waals surface area contributed by atoms with E-state index in [1.807, 2.05) is 48.2 Å². The minimum Gasteiger partial charge on any atom is -0.414 e. The summed E-state index contributed by atoms with van der Waals surface area (Å²) in [5.74, 6) is 2.21. The number of aromatic nitrogens is 1. The van der Waals surface area contributed by atoms with Gasteiger partial charge in [0.1, 0.15) is 12.5 Å². The van der Waals surface area contributed by atoms with Gasteiger partial charge in [0.25, 0.3) is 5.56 Å². The van der Waals surface area contributed by atoms with E-state index in [9.17, 15) is 9.90 Å². The Morgan fingerprint density at radius 3 is 1.95 bits per heavy atom. The van der Waals surface area contributed by atoms with Crippen LogP contribution in [0.4, 0.5) is 0 Å². The molecule has 3 atom stereocenters. The first-order valence-electron chi connectivity index (χ1n) is 13.1. The fraction of sp³-hybridized carbons (Fsp3) is 0.433. The zero-order chi connectivity index (χ0) is 26.1. The lowest BCUT2D eigenvalue weighted by molar-refractivity contribution is 0.0403. The molecule has 0 saturated heterocycles. The SMILES string of the molecule is CC(CCCCSCCCCC(C)(c1ccccc1)c1co[nH]c1=O)(C1=CONC1O)c1ccccc1. The van der Waals surface area contributed by atoms with Gasteiger partial charge in [-0.15, -0.1) is 5.48 Å². The average molecular weight is 523 g/mol. The fourth-order valence-electron chi connectivity index (χ4n) is 5.32. The predicted octanol–water partition coefficient (Wildman–Crippen LogP) is 6.04. The van der Waals surface area contributed by atoms with Gasteiger partial charge < -0.3 is 14.5 Å². The van der Waals surface area contributed by atoms with Gasteiger partial charge in [-0.3, -0.25) is 4.79 Å². The van der Waals surface area contributed by atoms with Crippen LogP contribution in [0.1, 0.15) is 69.1 Å². The maximum Gasteiger partial charge on any atom is 0.283 e. The molecule has 1 aromatic heterocycles. The second kappa shape index (κ2) is 12.7. The maximum atomic E-state index is 12.4. The summed E-state index contributed by atoms with van der Waals surface area (Å²) in [6, 6.07) is 20.6. The van der Waals surface area contributed by atoms with Gasteiger partial charge >= 0.3 is 0 Å². The number of benzene rings is 2. The van der Waals surface area contributed by atoms with Crippen molar-refractivity contribution in [1.82, 2.24) is 10.6 Å². The van der Waals surface area contributed by atoms with Crippen LogP contribution in [-0.2, 0) is 15.7 Å². The Labute approximate surface area is 223 Å². The lowest BCUT2D eigenvalue weighted by atomic mass is 9.72. The Kier molecular flexibility index (Phi) is 9.35. The molecule has 37 heavy (non-hydrogen) atoms. The van der Waals surface area contributed by atoms with Crippen LogP contribution >= 0.6 is 11.8 Å². The second-order valence-electron chi connectivity index (χ2n) is 10.2. The Hall–Kier alpha value is -2.74.